The minimum atomic E-state index is 0. The molecule has 6 heteroatoms. The van der Waals surface area contributed by atoms with Crippen molar-refractivity contribution in [2.75, 3.05) is 0 Å². The van der Waals surface area contributed by atoms with Crippen molar-refractivity contribution in [1.29, 1.82) is 0 Å². The molecule has 0 unspecified atom stereocenters. The van der Waals surface area contributed by atoms with E-state index in [9.17, 15) is 0 Å². The SMILES string of the molecule is Cl.Cl.Cl.[Ca+2].[H-].[H-].[H-].[H-].[K+].[Na+]. The number of hydrogen-bond acceptors (Lipinski definition) is 0. The molecule has 0 amide bonds. The molecule has 0 rings (SSSR count). The first-order chi connectivity index (χ1) is 0. The van der Waals surface area contributed by atoms with Crippen LogP contribution in [-0.2, 0) is 0 Å². The van der Waals surface area contributed by atoms with Gasteiger partial charge in [-0.3, -0.25) is 0 Å². The standard InChI is InChI=1S/Ca.3ClH.K.Na.4H/h;3*1H;;;;;;/q+2;;;;2*+1;4*-1. The van der Waals surface area contributed by atoms with Gasteiger partial charge in [0.1, 0.15) is 0 Å². The molecule has 0 atom stereocenters. The summed E-state index contributed by atoms with van der Waals surface area (Å²) in [6.45, 7) is 0. The fourth-order valence-corrected chi connectivity index (χ4v) is 0. The molecule has 0 aliphatic heterocycles. The van der Waals surface area contributed by atoms with Crippen LogP contribution in [0.25, 0.3) is 0 Å². The molecule has 0 spiro atoms. The predicted molar refractivity (Wildman–Crippen MR) is 31.9 cm³/mol. The zero-order chi connectivity index (χ0) is 0. The van der Waals surface area contributed by atoms with E-state index in [0.29, 0.717) is 0 Å². The van der Waals surface area contributed by atoms with E-state index in [-0.39, 0.29) is 162 Å². The Bertz CT molecular complexity index is 20.5. The number of rotatable bonds is 0. The zero-order valence-corrected chi connectivity index (χ0v) is 13.7. The van der Waals surface area contributed by atoms with Gasteiger partial charge in [-0.25, -0.2) is 0 Å². The van der Waals surface area contributed by atoms with Gasteiger partial charge in [-0.2, -0.15) is 0 Å². The minimum Gasteiger partial charge on any atom is -1.00 e. The Kier molecular flexibility index (Phi) is 249. The molecule has 0 N–H and O–H groups in total. The Balaban J connectivity index is 0. The average Bonchev–Trinajstić information content (AvgIpc) is 0. The van der Waals surface area contributed by atoms with E-state index in [1.165, 1.54) is 0 Å². The minimum absolute atomic E-state index is 0. The van der Waals surface area contributed by atoms with Gasteiger partial charge < -0.3 is 5.71 Å². The second-order valence-electron chi connectivity index (χ2n) is 0. The molecule has 0 nitrogen and oxygen atoms in total. The van der Waals surface area contributed by atoms with Gasteiger partial charge in [0.05, 0.1) is 0 Å². The van der Waals surface area contributed by atoms with Crippen LogP contribution in [0.15, 0.2) is 0 Å². The van der Waals surface area contributed by atoms with E-state index in [4.69, 9.17) is 0 Å². The summed E-state index contributed by atoms with van der Waals surface area (Å²) in [6.07, 6.45) is 0. The van der Waals surface area contributed by atoms with Crippen LogP contribution in [0.4, 0.5) is 0 Å². The summed E-state index contributed by atoms with van der Waals surface area (Å²) in [4.78, 5) is 0. The fourth-order valence-electron chi connectivity index (χ4n) is 0. The Labute approximate surface area is 157 Å². The van der Waals surface area contributed by atoms with Crippen LogP contribution >= 0.6 is 37.2 Å². The Morgan fingerprint density at radius 2 is 0.833 bits per heavy atom. The van der Waals surface area contributed by atoms with Gasteiger partial charge in [0.2, 0.25) is 0 Å². The zero-order valence-electron chi connectivity index (χ0n) is 7.93. The van der Waals surface area contributed by atoms with Crippen LogP contribution < -0.4 is 80.9 Å². The molecule has 0 bridgehead atoms. The Morgan fingerprint density at radius 1 is 0.833 bits per heavy atom. The monoisotopic (exact) mass is 214 g/mol. The van der Waals surface area contributed by atoms with Crippen LogP contribution in [0, 0.1) is 0 Å². The van der Waals surface area contributed by atoms with Crippen LogP contribution in [-0.4, -0.2) is 37.7 Å². The van der Waals surface area contributed by atoms with Gasteiger partial charge >= 0.3 is 119 Å². The van der Waals surface area contributed by atoms with Gasteiger partial charge in [-0.05, 0) is 0 Å². The molecule has 0 saturated carbocycles. The summed E-state index contributed by atoms with van der Waals surface area (Å²) in [5.74, 6) is 0. The Hall–Kier alpha value is 4.77. The number of hydrogen-bond donors (Lipinski definition) is 0. The fraction of sp³-hybridized carbons (Fsp3) is 0. The molecule has 0 aliphatic carbocycles. The van der Waals surface area contributed by atoms with Crippen molar-refractivity contribution >= 4 is 75.0 Å². The molecule has 0 aliphatic rings. The predicted octanol–water partition coefficient (Wildman–Crippen LogP) is -4.66. The normalized spacial score (nSPS) is 0. The first-order valence-corrected chi connectivity index (χ1v) is 0. The summed E-state index contributed by atoms with van der Waals surface area (Å²) < 4.78 is 0. The Morgan fingerprint density at radius 3 is 0.833 bits per heavy atom. The molecular formula is H7CaCl3KNa. The average molecular weight is 216 g/mol. The maximum atomic E-state index is 0. The number of halogens is 3. The second-order valence-corrected chi connectivity index (χ2v) is 0. The third-order valence-electron chi connectivity index (χ3n) is 0. The summed E-state index contributed by atoms with van der Waals surface area (Å²) in [5, 5.41) is 0. The molecule has 0 saturated heterocycles. The molecular weight excluding hydrogens is 209 g/mol. The van der Waals surface area contributed by atoms with Crippen molar-refractivity contribution in [3.63, 3.8) is 0 Å². The molecule has 0 radical (unpaired) electrons. The van der Waals surface area contributed by atoms with Gasteiger partial charge in [0.15, 0.2) is 0 Å². The van der Waals surface area contributed by atoms with E-state index in [1.54, 1.807) is 0 Å². The molecule has 0 heterocycles. The van der Waals surface area contributed by atoms with Crippen molar-refractivity contribution in [2.24, 2.45) is 0 Å². The van der Waals surface area contributed by atoms with Crippen molar-refractivity contribution in [1.82, 2.24) is 0 Å². The third-order valence-corrected chi connectivity index (χ3v) is 0. The third kappa shape index (κ3) is 23.3. The van der Waals surface area contributed by atoms with Gasteiger partial charge in [0, 0.05) is 0 Å². The van der Waals surface area contributed by atoms with E-state index in [2.05, 4.69) is 0 Å². The largest absolute Gasteiger partial charge is 2.00 e. The molecule has 32 valence electrons. The summed E-state index contributed by atoms with van der Waals surface area (Å²) in [7, 11) is 0. The van der Waals surface area contributed by atoms with E-state index in [0.717, 1.165) is 0 Å². The van der Waals surface area contributed by atoms with Crippen molar-refractivity contribution in [3.05, 3.63) is 0 Å². The topological polar surface area (TPSA) is 0 Å². The molecule has 0 aromatic carbocycles. The summed E-state index contributed by atoms with van der Waals surface area (Å²) in [6, 6.07) is 0. The summed E-state index contributed by atoms with van der Waals surface area (Å²) in [5.41, 5.74) is 0. The van der Waals surface area contributed by atoms with Crippen molar-refractivity contribution in [2.45, 2.75) is 0 Å². The second kappa shape index (κ2) is 33.0. The van der Waals surface area contributed by atoms with Gasteiger partial charge in [0.25, 0.3) is 0 Å². The van der Waals surface area contributed by atoms with Crippen molar-refractivity contribution in [3.8, 4) is 0 Å². The van der Waals surface area contributed by atoms with Crippen LogP contribution in [0.5, 0.6) is 0 Å². The van der Waals surface area contributed by atoms with Crippen molar-refractivity contribution < 1.29 is 86.6 Å². The molecule has 0 aromatic rings. The van der Waals surface area contributed by atoms with Gasteiger partial charge in [-0.1, -0.05) is 0 Å². The first kappa shape index (κ1) is 45.2. The molecule has 0 fully saturated rings. The van der Waals surface area contributed by atoms with E-state index in [1.807, 2.05) is 0 Å². The van der Waals surface area contributed by atoms with E-state index < -0.39 is 0 Å². The first-order valence-electron chi connectivity index (χ1n) is 0. The maximum absolute atomic E-state index is 0. The van der Waals surface area contributed by atoms with Crippen LogP contribution in [0.2, 0.25) is 0 Å². The van der Waals surface area contributed by atoms with Crippen LogP contribution in [0.3, 0.4) is 0 Å². The quantitative estimate of drug-likeness (QED) is 0.357. The maximum Gasteiger partial charge on any atom is 2.00 e. The smallest absolute Gasteiger partial charge is 1.00 e. The molecule has 0 aromatic heterocycles. The van der Waals surface area contributed by atoms with E-state index >= 15 is 0 Å². The molecule has 6 heavy (non-hydrogen) atoms. The van der Waals surface area contributed by atoms with Gasteiger partial charge in [-0.15, -0.1) is 37.2 Å². The summed E-state index contributed by atoms with van der Waals surface area (Å²) >= 11 is 0. The van der Waals surface area contributed by atoms with Crippen LogP contribution in [0.1, 0.15) is 5.71 Å².